The number of aryl methyl sites for hydroxylation is 2. The van der Waals surface area contributed by atoms with E-state index in [1.807, 2.05) is 6.26 Å². The largest absolute Gasteiger partial charge is 0.498 e. The molecule has 0 fully saturated rings. The molecule has 0 aliphatic carbocycles. The molecule has 0 radical (unpaired) electrons. The average molecular weight is 258 g/mol. The van der Waals surface area contributed by atoms with Crippen LogP contribution in [0.15, 0.2) is 24.0 Å². The first kappa shape index (κ1) is 14.2. The highest BCUT2D eigenvalue weighted by atomic mass is 16.5. The van der Waals surface area contributed by atoms with Gasteiger partial charge in [-0.05, 0) is 67.9 Å². The van der Waals surface area contributed by atoms with Crippen molar-refractivity contribution in [2.45, 2.75) is 65.9 Å². The zero-order valence-electron chi connectivity index (χ0n) is 12.8. The molecule has 0 amide bonds. The van der Waals surface area contributed by atoms with Gasteiger partial charge in [-0.25, -0.2) is 0 Å². The maximum Gasteiger partial charge on any atom is 0.102 e. The third kappa shape index (κ3) is 3.62. The van der Waals surface area contributed by atoms with Crippen molar-refractivity contribution in [3.63, 3.8) is 0 Å². The lowest BCUT2D eigenvalue weighted by molar-refractivity contribution is 0.118. The number of rotatable bonds is 4. The zero-order chi connectivity index (χ0) is 13.8. The molecule has 1 aliphatic heterocycles. The van der Waals surface area contributed by atoms with Gasteiger partial charge in [0, 0.05) is 6.42 Å². The molecular weight excluding hydrogens is 232 g/mol. The molecule has 1 aliphatic rings. The summed E-state index contributed by atoms with van der Waals surface area (Å²) in [5, 5.41) is 0. The van der Waals surface area contributed by atoms with Gasteiger partial charge in [0.15, 0.2) is 0 Å². The standard InChI is InChI=1S/C18H26O/c1-5-6-16-7-8-18(19-12-16)11-17-9-13(2)15(4)14(3)10-17/h9-10,12,18H,5-8,11H2,1-4H3. The second-order valence-corrected chi connectivity index (χ2v) is 5.88. The summed E-state index contributed by atoms with van der Waals surface area (Å²) in [5.41, 5.74) is 7.10. The van der Waals surface area contributed by atoms with E-state index in [0.717, 1.165) is 12.8 Å². The van der Waals surface area contributed by atoms with E-state index in [0.29, 0.717) is 6.10 Å². The number of hydrogen-bond donors (Lipinski definition) is 0. The zero-order valence-corrected chi connectivity index (χ0v) is 12.8. The Morgan fingerprint density at radius 1 is 1.16 bits per heavy atom. The number of benzene rings is 1. The molecule has 2 rings (SSSR count). The normalized spacial score (nSPS) is 18.9. The Morgan fingerprint density at radius 3 is 2.37 bits per heavy atom. The molecule has 0 aromatic heterocycles. The number of ether oxygens (including phenoxy) is 1. The summed E-state index contributed by atoms with van der Waals surface area (Å²) >= 11 is 0. The van der Waals surface area contributed by atoms with Gasteiger partial charge < -0.3 is 4.74 Å². The molecule has 0 saturated heterocycles. The van der Waals surface area contributed by atoms with Crippen LogP contribution >= 0.6 is 0 Å². The van der Waals surface area contributed by atoms with Gasteiger partial charge in [0.1, 0.15) is 6.10 Å². The SMILES string of the molecule is CCCC1=COC(Cc2cc(C)c(C)c(C)c2)CC1. The molecular formula is C18H26O. The van der Waals surface area contributed by atoms with Crippen LogP contribution in [0, 0.1) is 20.8 Å². The highest BCUT2D eigenvalue weighted by molar-refractivity contribution is 5.37. The van der Waals surface area contributed by atoms with E-state index in [4.69, 9.17) is 4.74 Å². The van der Waals surface area contributed by atoms with E-state index in [2.05, 4.69) is 39.8 Å². The summed E-state index contributed by atoms with van der Waals surface area (Å²) in [5.74, 6) is 0. The van der Waals surface area contributed by atoms with Crippen LogP contribution in [0.2, 0.25) is 0 Å². The van der Waals surface area contributed by atoms with Gasteiger partial charge in [0.05, 0.1) is 6.26 Å². The smallest absolute Gasteiger partial charge is 0.102 e. The van der Waals surface area contributed by atoms with E-state index in [9.17, 15) is 0 Å². The molecule has 1 unspecified atom stereocenters. The number of allylic oxidation sites excluding steroid dienone is 1. The summed E-state index contributed by atoms with van der Waals surface area (Å²) in [6.07, 6.45) is 8.21. The van der Waals surface area contributed by atoms with E-state index in [-0.39, 0.29) is 0 Å². The highest BCUT2D eigenvalue weighted by Gasteiger charge is 2.16. The summed E-state index contributed by atoms with van der Waals surface area (Å²) in [6.45, 7) is 8.83. The molecule has 1 atom stereocenters. The fourth-order valence-electron chi connectivity index (χ4n) is 2.83. The second kappa shape index (κ2) is 6.27. The van der Waals surface area contributed by atoms with E-state index in [1.54, 1.807) is 0 Å². The molecule has 19 heavy (non-hydrogen) atoms. The van der Waals surface area contributed by atoms with Crippen LogP contribution in [0.4, 0.5) is 0 Å². The van der Waals surface area contributed by atoms with Gasteiger partial charge in [-0.1, -0.05) is 25.5 Å². The molecule has 0 saturated carbocycles. The Kier molecular flexibility index (Phi) is 4.68. The lowest BCUT2D eigenvalue weighted by Crippen LogP contribution is -2.18. The Labute approximate surface area is 117 Å². The Morgan fingerprint density at radius 2 is 1.84 bits per heavy atom. The van der Waals surface area contributed by atoms with Crippen molar-refractivity contribution in [2.24, 2.45) is 0 Å². The average Bonchev–Trinajstić information content (AvgIpc) is 2.38. The molecule has 1 nitrogen and oxygen atoms in total. The third-order valence-electron chi connectivity index (χ3n) is 4.24. The fraction of sp³-hybridized carbons (Fsp3) is 0.556. The van der Waals surface area contributed by atoms with Crippen LogP contribution in [0.25, 0.3) is 0 Å². The van der Waals surface area contributed by atoms with Crippen molar-refractivity contribution in [1.29, 1.82) is 0 Å². The predicted molar refractivity (Wildman–Crippen MR) is 81.5 cm³/mol. The second-order valence-electron chi connectivity index (χ2n) is 5.88. The summed E-state index contributed by atoms with van der Waals surface area (Å²) < 4.78 is 5.89. The van der Waals surface area contributed by atoms with Gasteiger partial charge in [-0.15, -0.1) is 0 Å². The van der Waals surface area contributed by atoms with Crippen LogP contribution in [-0.4, -0.2) is 6.10 Å². The number of hydrogen-bond acceptors (Lipinski definition) is 1. The lowest BCUT2D eigenvalue weighted by Gasteiger charge is -2.23. The van der Waals surface area contributed by atoms with Gasteiger partial charge in [-0.2, -0.15) is 0 Å². The van der Waals surface area contributed by atoms with Crippen molar-refractivity contribution in [3.8, 4) is 0 Å². The third-order valence-corrected chi connectivity index (χ3v) is 4.24. The first-order valence-electron chi connectivity index (χ1n) is 7.50. The minimum absolute atomic E-state index is 0.363. The maximum absolute atomic E-state index is 5.89. The van der Waals surface area contributed by atoms with Crippen molar-refractivity contribution >= 4 is 0 Å². The maximum atomic E-state index is 5.89. The molecule has 0 spiro atoms. The summed E-state index contributed by atoms with van der Waals surface area (Å²) in [6, 6.07) is 4.63. The van der Waals surface area contributed by atoms with E-state index >= 15 is 0 Å². The van der Waals surface area contributed by atoms with Crippen LogP contribution in [0.1, 0.15) is 54.9 Å². The van der Waals surface area contributed by atoms with E-state index < -0.39 is 0 Å². The van der Waals surface area contributed by atoms with Gasteiger partial charge >= 0.3 is 0 Å². The lowest BCUT2D eigenvalue weighted by atomic mass is 9.94. The molecule has 1 heterocycles. The molecule has 1 aromatic rings. The van der Waals surface area contributed by atoms with Crippen LogP contribution in [0.3, 0.4) is 0 Å². The topological polar surface area (TPSA) is 9.23 Å². The Balaban J connectivity index is 2.00. The molecule has 1 aromatic carbocycles. The quantitative estimate of drug-likeness (QED) is 0.737. The van der Waals surface area contributed by atoms with Gasteiger partial charge in [-0.3, -0.25) is 0 Å². The van der Waals surface area contributed by atoms with Crippen molar-refractivity contribution in [1.82, 2.24) is 0 Å². The molecule has 1 heteroatoms. The Hall–Kier alpha value is -1.24. The van der Waals surface area contributed by atoms with Crippen LogP contribution < -0.4 is 0 Å². The fourth-order valence-corrected chi connectivity index (χ4v) is 2.83. The minimum atomic E-state index is 0.363. The highest BCUT2D eigenvalue weighted by Crippen LogP contribution is 2.24. The Bertz CT molecular complexity index is 448. The van der Waals surface area contributed by atoms with Crippen LogP contribution in [0.5, 0.6) is 0 Å². The van der Waals surface area contributed by atoms with Gasteiger partial charge in [0.25, 0.3) is 0 Å². The summed E-state index contributed by atoms with van der Waals surface area (Å²) in [4.78, 5) is 0. The van der Waals surface area contributed by atoms with Crippen molar-refractivity contribution < 1.29 is 4.74 Å². The predicted octanol–water partition coefficient (Wildman–Crippen LogP) is 5.02. The minimum Gasteiger partial charge on any atom is -0.498 e. The van der Waals surface area contributed by atoms with Crippen molar-refractivity contribution in [2.75, 3.05) is 0 Å². The van der Waals surface area contributed by atoms with E-state index in [1.165, 1.54) is 47.1 Å². The molecule has 0 bridgehead atoms. The molecule has 0 N–H and O–H groups in total. The monoisotopic (exact) mass is 258 g/mol. The van der Waals surface area contributed by atoms with Gasteiger partial charge in [0.2, 0.25) is 0 Å². The molecule has 104 valence electrons. The first-order valence-corrected chi connectivity index (χ1v) is 7.50. The van der Waals surface area contributed by atoms with Crippen molar-refractivity contribution in [3.05, 3.63) is 46.2 Å². The van der Waals surface area contributed by atoms with Crippen LogP contribution in [-0.2, 0) is 11.2 Å². The first-order chi connectivity index (χ1) is 9.10. The summed E-state index contributed by atoms with van der Waals surface area (Å²) in [7, 11) is 0.